The molecule has 2 heterocycles. The second-order valence-corrected chi connectivity index (χ2v) is 11.0. The van der Waals surface area contributed by atoms with E-state index in [4.69, 9.17) is 4.74 Å². The summed E-state index contributed by atoms with van der Waals surface area (Å²) >= 11 is 4.41. The van der Waals surface area contributed by atoms with Crippen LogP contribution in [0.1, 0.15) is 12.8 Å². The van der Waals surface area contributed by atoms with Crippen molar-refractivity contribution in [3.05, 3.63) is 46.0 Å². The van der Waals surface area contributed by atoms with Crippen LogP contribution in [0.5, 0.6) is 5.75 Å². The third-order valence-corrected chi connectivity index (χ3v) is 8.48. The van der Waals surface area contributed by atoms with E-state index in [1.807, 2.05) is 0 Å². The molecule has 10 heteroatoms. The Kier molecular flexibility index (Phi) is 6.74. The Morgan fingerprint density at radius 2 is 2.04 bits per heavy atom. The number of rotatable bonds is 7. The average Bonchev–Trinajstić information content (AvgIpc) is 3.32. The van der Waals surface area contributed by atoms with Gasteiger partial charge in [-0.05, 0) is 65.2 Å². The molecule has 1 aliphatic heterocycles. The number of benzene rings is 1. The van der Waals surface area contributed by atoms with Crippen molar-refractivity contribution in [3.63, 3.8) is 0 Å². The van der Waals surface area contributed by atoms with Crippen LogP contribution in [-0.2, 0) is 14.8 Å². The van der Waals surface area contributed by atoms with Crippen molar-refractivity contribution >= 4 is 43.2 Å². The zero-order chi connectivity index (χ0) is 20.3. The van der Waals surface area contributed by atoms with Crippen molar-refractivity contribution in [2.75, 3.05) is 26.7 Å². The number of ether oxygens (including phenoxy) is 1. The molecule has 0 N–H and O–H groups in total. The van der Waals surface area contributed by atoms with E-state index in [2.05, 4.69) is 15.9 Å². The lowest BCUT2D eigenvalue weighted by Gasteiger charge is -2.27. The maximum absolute atomic E-state index is 12.9. The van der Waals surface area contributed by atoms with E-state index in [1.54, 1.807) is 19.2 Å². The van der Waals surface area contributed by atoms with Crippen LogP contribution < -0.4 is 4.74 Å². The largest absolute Gasteiger partial charge is 0.492 e. The van der Waals surface area contributed by atoms with Crippen molar-refractivity contribution < 1.29 is 22.3 Å². The molecule has 3 rings (SSSR count). The molecule has 28 heavy (non-hydrogen) atoms. The van der Waals surface area contributed by atoms with Gasteiger partial charge < -0.3 is 9.64 Å². The molecule has 1 aliphatic rings. The van der Waals surface area contributed by atoms with Gasteiger partial charge in [0.2, 0.25) is 5.91 Å². The molecule has 1 aromatic carbocycles. The van der Waals surface area contributed by atoms with Crippen LogP contribution in [-0.4, -0.2) is 56.3 Å². The second-order valence-electron chi connectivity index (χ2n) is 6.39. The molecule has 2 aromatic rings. The first-order valence-corrected chi connectivity index (χ1v) is 11.7. The normalized spacial score (nSPS) is 17.6. The minimum absolute atomic E-state index is 0.223. The summed E-state index contributed by atoms with van der Waals surface area (Å²) in [6.45, 7) is 0.852. The van der Waals surface area contributed by atoms with Crippen molar-refractivity contribution in [1.29, 1.82) is 0 Å². The second kappa shape index (κ2) is 8.89. The van der Waals surface area contributed by atoms with Crippen LogP contribution in [0.15, 0.2) is 44.4 Å². The molecule has 0 spiro atoms. The summed E-state index contributed by atoms with van der Waals surface area (Å²) < 4.78 is 46.5. The quantitative estimate of drug-likeness (QED) is 0.596. The fourth-order valence-corrected chi connectivity index (χ4v) is 6.81. The van der Waals surface area contributed by atoms with Gasteiger partial charge in [0.1, 0.15) is 28.4 Å². The van der Waals surface area contributed by atoms with E-state index in [9.17, 15) is 17.6 Å². The minimum Gasteiger partial charge on any atom is -0.492 e. The molecule has 6 nitrogen and oxygen atoms in total. The van der Waals surface area contributed by atoms with E-state index in [0.29, 0.717) is 31.7 Å². The van der Waals surface area contributed by atoms with Gasteiger partial charge in [0.25, 0.3) is 10.0 Å². The predicted molar refractivity (Wildman–Crippen MR) is 108 cm³/mol. The number of carbonyl (C=O) groups excluding carboxylic acids is 1. The standard InChI is InChI=1S/C18H20BrFN2O4S2/c1-21(11-12-26-14-6-4-13(20)5-7-14)18(23)15-3-2-10-22(15)28(24,25)17-9-8-16(19)27-17/h4-9,15H,2-3,10-12H2,1H3. The van der Waals surface area contributed by atoms with Gasteiger partial charge in [-0.15, -0.1) is 11.3 Å². The number of sulfonamides is 1. The SMILES string of the molecule is CN(CCOc1ccc(F)cc1)C(=O)C1CCCN1S(=O)(=O)c1ccc(Br)s1. The maximum atomic E-state index is 12.9. The molecule has 1 atom stereocenters. The topological polar surface area (TPSA) is 66.9 Å². The maximum Gasteiger partial charge on any atom is 0.253 e. The molecular formula is C18H20BrFN2O4S2. The number of amides is 1. The number of thiophene rings is 1. The summed E-state index contributed by atoms with van der Waals surface area (Å²) in [6, 6.07) is 8.15. The monoisotopic (exact) mass is 490 g/mol. The summed E-state index contributed by atoms with van der Waals surface area (Å²) in [6.07, 6.45) is 1.13. The summed E-state index contributed by atoms with van der Waals surface area (Å²) in [5, 5.41) is 0. The zero-order valence-electron chi connectivity index (χ0n) is 15.2. The molecule has 1 saturated heterocycles. The molecule has 152 valence electrons. The van der Waals surface area contributed by atoms with Gasteiger partial charge in [0, 0.05) is 13.6 Å². The Hall–Kier alpha value is -1.49. The van der Waals surface area contributed by atoms with Crippen LogP contribution in [0.4, 0.5) is 4.39 Å². The van der Waals surface area contributed by atoms with Crippen LogP contribution in [0.2, 0.25) is 0 Å². The lowest BCUT2D eigenvalue weighted by molar-refractivity contribution is -0.133. The summed E-state index contributed by atoms with van der Waals surface area (Å²) in [4.78, 5) is 14.3. The summed E-state index contributed by atoms with van der Waals surface area (Å²) in [5.74, 6) is -0.0880. The number of halogens is 2. The van der Waals surface area contributed by atoms with E-state index >= 15 is 0 Å². The predicted octanol–water partition coefficient (Wildman–Crippen LogP) is 3.34. The molecule has 0 radical (unpaired) electrons. The van der Waals surface area contributed by atoms with Gasteiger partial charge in [-0.2, -0.15) is 4.31 Å². The van der Waals surface area contributed by atoms with Crippen LogP contribution >= 0.6 is 27.3 Å². The van der Waals surface area contributed by atoms with E-state index in [0.717, 1.165) is 15.1 Å². The van der Waals surface area contributed by atoms with Crippen molar-refractivity contribution in [1.82, 2.24) is 9.21 Å². The highest BCUT2D eigenvalue weighted by Crippen LogP contribution is 2.32. The highest BCUT2D eigenvalue weighted by atomic mass is 79.9. The molecular weight excluding hydrogens is 471 g/mol. The molecule has 1 amide bonds. The van der Waals surface area contributed by atoms with Gasteiger partial charge in [-0.1, -0.05) is 0 Å². The Bertz CT molecular complexity index is 933. The van der Waals surface area contributed by atoms with E-state index in [1.165, 1.54) is 33.5 Å². The molecule has 0 aliphatic carbocycles. The lowest BCUT2D eigenvalue weighted by Crippen LogP contribution is -2.47. The first-order chi connectivity index (χ1) is 13.3. The Morgan fingerprint density at radius 1 is 1.32 bits per heavy atom. The van der Waals surface area contributed by atoms with Gasteiger partial charge in [-0.25, -0.2) is 12.8 Å². The first-order valence-electron chi connectivity index (χ1n) is 8.69. The van der Waals surface area contributed by atoms with Gasteiger partial charge in [-0.3, -0.25) is 4.79 Å². The van der Waals surface area contributed by atoms with Crippen molar-refractivity contribution in [3.8, 4) is 5.75 Å². The average molecular weight is 491 g/mol. The highest BCUT2D eigenvalue weighted by molar-refractivity contribution is 9.11. The number of hydrogen-bond donors (Lipinski definition) is 0. The molecule has 0 bridgehead atoms. The third-order valence-electron chi connectivity index (χ3n) is 4.49. The smallest absolute Gasteiger partial charge is 0.253 e. The fraction of sp³-hybridized carbons (Fsp3) is 0.389. The Balaban J connectivity index is 1.61. The zero-order valence-corrected chi connectivity index (χ0v) is 18.4. The molecule has 1 unspecified atom stereocenters. The van der Waals surface area contributed by atoms with Crippen LogP contribution in [0.25, 0.3) is 0 Å². The summed E-state index contributed by atoms with van der Waals surface area (Å²) in [7, 11) is -2.08. The third kappa shape index (κ3) is 4.73. The van der Waals surface area contributed by atoms with Gasteiger partial charge in [0.05, 0.1) is 10.3 Å². The first kappa shape index (κ1) is 21.2. The summed E-state index contributed by atoms with van der Waals surface area (Å²) in [5.41, 5.74) is 0. The molecule has 1 aromatic heterocycles. The van der Waals surface area contributed by atoms with Crippen LogP contribution in [0.3, 0.4) is 0 Å². The number of nitrogens with zero attached hydrogens (tertiary/aromatic N) is 2. The Morgan fingerprint density at radius 3 is 2.68 bits per heavy atom. The van der Waals surface area contributed by atoms with Gasteiger partial charge >= 0.3 is 0 Å². The highest BCUT2D eigenvalue weighted by Gasteiger charge is 2.41. The van der Waals surface area contributed by atoms with E-state index in [-0.39, 0.29) is 22.5 Å². The number of likely N-dealkylation sites (N-methyl/N-ethyl adjacent to an activating group) is 1. The van der Waals surface area contributed by atoms with Gasteiger partial charge in [0.15, 0.2) is 0 Å². The van der Waals surface area contributed by atoms with E-state index < -0.39 is 16.1 Å². The minimum atomic E-state index is -3.71. The molecule has 1 fully saturated rings. The fourth-order valence-electron chi connectivity index (χ4n) is 3.02. The number of carbonyl (C=O) groups is 1. The van der Waals surface area contributed by atoms with Crippen molar-refractivity contribution in [2.24, 2.45) is 0 Å². The van der Waals surface area contributed by atoms with Crippen molar-refractivity contribution in [2.45, 2.75) is 23.1 Å². The lowest BCUT2D eigenvalue weighted by atomic mass is 10.2. The Labute approximate surface area is 176 Å². The van der Waals surface area contributed by atoms with Crippen LogP contribution in [0, 0.1) is 5.82 Å². The molecule has 0 saturated carbocycles. The number of hydrogen-bond acceptors (Lipinski definition) is 5.